The van der Waals surface area contributed by atoms with E-state index < -0.39 is 11.7 Å². The predicted molar refractivity (Wildman–Crippen MR) is 122 cm³/mol. The van der Waals surface area contributed by atoms with E-state index in [1.807, 2.05) is 24.1 Å². The van der Waals surface area contributed by atoms with Crippen LogP contribution >= 0.6 is 11.6 Å². The molecule has 0 spiro atoms. The third-order valence-corrected chi connectivity index (χ3v) is 6.58. The average molecular weight is 471 g/mol. The third-order valence-electron chi connectivity index (χ3n) is 6.25. The van der Waals surface area contributed by atoms with Crippen LogP contribution in [0.1, 0.15) is 43.4 Å². The number of likely N-dealkylation sites (tertiary alicyclic amines) is 1. The van der Waals surface area contributed by atoms with Gasteiger partial charge in [-0.25, -0.2) is 0 Å². The number of alkyl halides is 3. The summed E-state index contributed by atoms with van der Waals surface area (Å²) in [6.45, 7) is 3.52. The quantitative estimate of drug-likeness (QED) is 0.465. The lowest BCUT2D eigenvalue weighted by molar-refractivity contribution is -0.137. The standard InChI is InChI=1S/C24H30ClF3N2O2/c1-16-6-5-7-21(17-8-11-22(31-3)23(14-17)32-4)30(16)13-12-29(2)18-9-10-20(25)19(15-18)24(26,27)28/h8-11,14-16,21H,5-7,12-13H2,1-4H3. The van der Waals surface area contributed by atoms with Gasteiger partial charge < -0.3 is 14.4 Å². The summed E-state index contributed by atoms with van der Waals surface area (Å²) in [5.74, 6) is 1.38. The summed E-state index contributed by atoms with van der Waals surface area (Å²) in [5, 5.41) is -0.284. The topological polar surface area (TPSA) is 24.9 Å². The van der Waals surface area contributed by atoms with Crippen LogP contribution < -0.4 is 14.4 Å². The molecule has 0 aromatic heterocycles. The van der Waals surface area contributed by atoms with Gasteiger partial charge in [-0.1, -0.05) is 24.1 Å². The van der Waals surface area contributed by atoms with Gasteiger partial charge in [0.1, 0.15) is 0 Å². The molecule has 2 atom stereocenters. The molecular formula is C24H30ClF3N2O2. The Bertz CT molecular complexity index is 923. The second-order valence-corrected chi connectivity index (χ2v) is 8.64. The maximum Gasteiger partial charge on any atom is 0.417 e. The predicted octanol–water partition coefficient (Wildman–Crippen LogP) is 6.43. The Morgan fingerprint density at radius 1 is 1.06 bits per heavy atom. The minimum atomic E-state index is -4.48. The molecule has 0 N–H and O–H groups in total. The van der Waals surface area contributed by atoms with E-state index in [9.17, 15) is 13.2 Å². The molecule has 8 heteroatoms. The number of piperidine rings is 1. The average Bonchev–Trinajstić information content (AvgIpc) is 2.76. The summed E-state index contributed by atoms with van der Waals surface area (Å²) in [4.78, 5) is 4.28. The molecule has 1 fully saturated rings. The monoisotopic (exact) mass is 470 g/mol. The summed E-state index contributed by atoms with van der Waals surface area (Å²) < 4.78 is 50.6. The third kappa shape index (κ3) is 5.44. The fraction of sp³-hybridized carbons (Fsp3) is 0.500. The van der Waals surface area contributed by atoms with Gasteiger partial charge in [0, 0.05) is 37.9 Å². The van der Waals surface area contributed by atoms with Gasteiger partial charge >= 0.3 is 6.18 Å². The first kappa shape index (κ1) is 24.5. The van der Waals surface area contributed by atoms with Crippen LogP contribution in [0.4, 0.5) is 18.9 Å². The van der Waals surface area contributed by atoms with Crippen molar-refractivity contribution < 1.29 is 22.6 Å². The van der Waals surface area contributed by atoms with Crippen LogP contribution in [0.2, 0.25) is 5.02 Å². The smallest absolute Gasteiger partial charge is 0.417 e. The number of anilines is 1. The number of nitrogens with zero attached hydrogens (tertiary/aromatic N) is 2. The molecule has 0 bridgehead atoms. The maximum absolute atomic E-state index is 13.2. The van der Waals surface area contributed by atoms with Gasteiger partial charge in [-0.15, -0.1) is 0 Å². The first-order valence-electron chi connectivity index (χ1n) is 10.7. The van der Waals surface area contributed by atoms with E-state index in [0.717, 1.165) is 37.4 Å². The minimum absolute atomic E-state index is 0.211. The molecule has 1 saturated heterocycles. The molecular weight excluding hydrogens is 441 g/mol. The van der Waals surface area contributed by atoms with Gasteiger partial charge in [0.15, 0.2) is 11.5 Å². The molecule has 176 valence electrons. The molecule has 1 aliphatic rings. The lowest BCUT2D eigenvalue weighted by Gasteiger charge is -2.42. The van der Waals surface area contributed by atoms with E-state index >= 15 is 0 Å². The second-order valence-electron chi connectivity index (χ2n) is 8.23. The lowest BCUT2D eigenvalue weighted by Crippen LogP contribution is -2.44. The van der Waals surface area contributed by atoms with Crippen molar-refractivity contribution in [1.82, 2.24) is 4.90 Å². The molecule has 2 aromatic carbocycles. The van der Waals surface area contributed by atoms with Crippen LogP contribution in [-0.2, 0) is 6.18 Å². The van der Waals surface area contributed by atoms with E-state index in [0.29, 0.717) is 29.8 Å². The number of halogens is 4. The van der Waals surface area contributed by atoms with Crippen molar-refractivity contribution in [3.05, 3.63) is 52.5 Å². The second kappa shape index (κ2) is 10.2. The van der Waals surface area contributed by atoms with E-state index in [2.05, 4.69) is 17.9 Å². The molecule has 1 aliphatic heterocycles. The largest absolute Gasteiger partial charge is 0.493 e. The summed E-state index contributed by atoms with van der Waals surface area (Å²) in [6, 6.07) is 10.6. The lowest BCUT2D eigenvalue weighted by atomic mass is 9.91. The molecule has 2 unspecified atom stereocenters. The highest BCUT2D eigenvalue weighted by Crippen LogP contribution is 2.39. The van der Waals surface area contributed by atoms with Gasteiger partial charge in [0.25, 0.3) is 0 Å². The highest BCUT2D eigenvalue weighted by molar-refractivity contribution is 6.31. The normalized spacial score (nSPS) is 19.6. The highest BCUT2D eigenvalue weighted by Gasteiger charge is 2.34. The fourth-order valence-corrected chi connectivity index (χ4v) is 4.63. The molecule has 32 heavy (non-hydrogen) atoms. The van der Waals surface area contributed by atoms with Gasteiger partial charge in [0.05, 0.1) is 24.8 Å². The number of hydrogen-bond acceptors (Lipinski definition) is 4. The molecule has 0 saturated carbocycles. The Hall–Kier alpha value is -2.12. The zero-order valence-corrected chi connectivity index (χ0v) is 19.6. The Labute approximate surface area is 192 Å². The number of methoxy groups -OCH3 is 2. The van der Waals surface area contributed by atoms with Crippen molar-refractivity contribution in [2.75, 3.05) is 39.3 Å². The summed E-state index contributed by atoms with van der Waals surface area (Å²) in [5.41, 5.74) is 0.842. The Morgan fingerprint density at radius 2 is 1.78 bits per heavy atom. The molecule has 1 heterocycles. The van der Waals surface area contributed by atoms with Gasteiger partial charge in [0.2, 0.25) is 0 Å². The SMILES string of the molecule is COc1ccc(C2CCCC(C)N2CCN(C)c2ccc(Cl)c(C(F)(F)F)c2)cc1OC. The molecule has 2 aromatic rings. The van der Waals surface area contributed by atoms with E-state index in [4.69, 9.17) is 21.1 Å². The van der Waals surface area contributed by atoms with Crippen LogP contribution in [0, 0.1) is 0 Å². The first-order valence-corrected chi connectivity index (χ1v) is 11.1. The number of hydrogen-bond donors (Lipinski definition) is 0. The fourth-order valence-electron chi connectivity index (χ4n) is 4.40. The van der Waals surface area contributed by atoms with Crippen molar-refractivity contribution in [3.8, 4) is 11.5 Å². The minimum Gasteiger partial charge on any atom is -0.493 e. The van der Waals surface area contributed by atoms with Crippen molar-refractivity contribution in [3.63, 3.8) is 0 Å². The Morgan fingerprint density at radius 3 is 2.44 bits per heavy atom. The Balaban J connectivity index is 1.77. The molecule has 0 aliphatic carbocycles. The number of rotatable bonds is 7. The first-order chi connectivity index (χ1) is 15.2. The summed E-state index contributed by atoms with van der Waals surface area (Å²) in [6.07, 6.45) is -1.25. The summed E-state index contributed by atoms with van der Waals surface area (Å²) in [7, 11) is 5.05. The van der Waals surface area contributed by atoms with Crippen molar-refractivity contribution in [2.45, 2.75) is 44.4 Å². The van der Waals surface area contributed by atoms with Crippen LogP contribution in [0.25, 0.3) is 0 Å². The summed E-state index contributed by atoms with van der Waals surface area (Å²) >= 11 is 5.77. The van der Waals surface area contributed by atoms with Crippen LogP contribution in [-0.4, -0.2) is 45.3 Å². The van der Waals surface area contributed by atoms with Crippen LogP contribution in [0.3, 0.4) is 0 Å². The number of benzene rings is 2. The van der Waals surface area contributed by atoms with Crippen LogP contribution in [0.15, 0.2) is 36.4 Å². The van der Waals surface area contributed by atoms with Gasteiger partial charge in [-0.05, 0) is 55.7 Å². The molecule has 0 radical (unpaired) electrons. The number of ether oxygens (including phenoxy) is 2. The zero-order valence-electron chi connectivity index (χ0n) is 18.9. The molecule has 0 amide bonds. The van der Waals surface area contributed by atoms with Gasteiger partial charge in [-0.3, -0.25) is 4.90 Å². The highest BCUT2D eigenvalue weighted by atomic mass is 35.5. The van der Waals surface area contributed by atoms with E-state index in [1.54, 1.807) is 20.3 Å². The zero-order chi connectivity index (χ0) is 23.5. The number of likely N-dealkylation sites (N-methyl/N-ethyl adjacent to an activating group) is 1. The maximum atomic E-state index is 13.2. The Kier molecular flexibility index (Phi) is 7.83. The molecule has 4 nitrogen and oxygen atoms in total. The molecule has 3 rings (SSSR count). The van der Waals surface area contributed by atoms with E-state index in [1.165, 1.54) is 6.07 Å². The van der Waals surface area contributed by atoms with Crippen molar-refractivity contribution in [2.24, 2.45) is 0 Å². The van der Waals surface area contributed by atoms with Crippen molar-refractivity contribution in [1.29, 1.82) is 0 Å². The van der Waals surface area contributed by atoms with Crippen LogP contribution in [0.5, 0.6) is 11.5 Å². The van der Waals surface area contributed by atoms with Gasteiger partial charge in [-0.2, -0.15) is 13.2 Å². The van der Waals surface area contributed by atoms with E-state index in [-0.39, 0.29) is 11.1 Å². The van der Waals surface area contributed by atoms with Crippen molar-refractivity contribution >= 4 is 17.3 Å².